The van der Waals surface area contributed by atoms with Gasteiger partial charge < -0.3 is 26.2 Å². The molecule has 6 aliphatic carbocycles. The van der Waals surface area contributed by atoms with E-state index >= 15 is 0 Å². The number of anilines is 5. The van der Waals surface area contributed by atoms with Crippen LogP contribution in [0.4, 0.5) is 34.1 Å². The predicted molar refractivity (Wildman–Crippen MR) is 279 cm³/mol. The highest BCUT2D eigenvalue weighted by molar-refractivity contribution is 6.31. The molecule has 5 unspecified atom stereocenters. The van der Waals surface area contributed by atoms with Crippen molar-refractivity contribution in [3.05, 3.63) is 213 Å². The van der Waals surface area contributed by atoms with E-state index in [4.69, 9.17) is 0 Å². The minimum atomic E-state index is -1.16. The van der Waals surface area contributed by atoms with Gasteiger partial charge in [-0.3, -0.25) is 28.8 Å². The van der Waals surface area contributed by atoms with Crippen LogP contribution >= 0.6 is 0 Å². The number of allylic oxidation sites excluding steroid dienone is 10. The van der Waals surface area contributed by atoms with Crippen molar-refractivity contribution < 1.29 is 44.0 Å². The number of carbonyl (C=O) groups is 6. The fraction of sp³-hybridized carbons (Fsp3) is 0.183. The van der Waals surface area contributed by atoms with Gasteiger partial charge in [-0.25, -0.2) is 4.99 Å². The number of aryl methyl sites for hydroxylation is 2. The van der Waals surface area contributed by atoms with Gasteiger partial charge in [-0.2, -0.15) is 0 Å². The second-order valence-corrected chi connectivity index (χ2v) is 17.7. The monoisotopic (exact) mass is 957 g/mol. The van der Waals surface area contributed by atoms with E-state index in [0.717, 1.165) is 22.5 Å². The van der Waals surface area contributed by atoms with E-state index in [-0.39, 0.29) is 45.8 Å². The molecule has 12 heteroatoms. The molecule has 0 radical (unpaired) electrons. The van der Waals surface area contributed by atoms with Crippen LogP contribution in [0.3, 0.4) is 0 Å². The van der Waals surface area contributed by atoms with Crippen molar-refractivity contribution in [3.8, 4) is 0 Å². The molecule has 0 fully saturated rings. The summed E-state index contributed by atoms with van der Waals surface area (Å²) in [7, 11) is 0. The number of hydrogen-bond acceptors (Lipinski definition) is 11. The molecule has 5 atom stereocenters. The summed E-state index contributed by atoms with van der Waals surface area (Å²) in [5.41, 5.74) is 9.05. The summed E-state index contributed by atoms with van der Waals surface area (Å²) in [5.74, 6) is -5.15. The van der Waals surface area contributed by atoms with Crippen LogP contribution in [0, 0.1) is 37.5 Å². The van der Waals surface area contributed by atoms with E-state index < -0.39 is 41.3 Å². The lowest BCUT2D eigenvalue weighted by Crippen LogP contribution is -2.74. The number of fused-ring (bicyclic) bond motifs is 9. The molecular weight excluding hydrogens is 905 g/mol. The van der Waals surface area contributed by atoms with Crippen molar-refractivity contribution in [1.29, 1.82) is 0 Å². The summed E-state index contributed by atoms with van der Waals surface area (Å²) < 4.78 is 0. The topological polar surface area (TPSA) is 193 Å². The van der Waals surface area contributed by atoms with Gasteiger partial charge in [0.25, 0.3) is 0 Å². The molecule has 5 aromatic rings. The molecule has 0 amide bonds. The van der Waals surface area contributed by atoms with Crippen LogP contribution in [0.1, 0.15) is 91.4 Å². The molecule has 5 aromatic carbocycles. The quantitative estimate of drug-likeness (QED) is 0.0985. The van der Waals surface area contributed by atoms with E-state index in [1.807, 2.05) is 90.1 Å². The number of aliphatic hydroxyl groups is 2. The van der Waals surface area contributed by atoms with E-state index in [1.54, 1.807) is 85.0 Å². The van der Waals surface area contributed by atoms with Gasteiger partial charge in [0.2, 0.25) is 17.2 Å². The highest BCUT2D eigenvalue weighted by Gasteiger charge is 2.50. The zero-order valence-electron chi connectivity index (χ0n) is 40.6. The fourth-order valence-corrected chi connectivity index (χ4v) is 10.3. The lowest BCUT2D eigenvalue weighted by atomic mass is 9.68. The van der Waals surface area contributed by atoms with Gasteiger partial charge in [0.1, 0.15) is 28.8 Å². The molecular formula is C60H53N4O8+. The molecule has 360 valence electrons. The van der Waals surface area contributed by atoms with Gasteiger partial charge in [-0.15, -0.1) is 0 Å². The molecule has 0 spiro atoms. The molecule has 0 aromatic heterocycles. The minimum absolute atomic E-state index is 0.0640. The summed E-state index contributed by atoms with van der Waals surface area (Å²) >= 11 is 0. The lowest BCUT2D eigenvalue weighted by molar-refractivity contribution is -0.355. The molecule has 7 aliphatic rings. The van der Waals surface area contributed by atoms with Crippen molar-refractivity contribution in [2.24, 2.45) is 23.7 Å². The van der Waals surface area contributed by atoms with Crippen LogP contribution in [0.2, 0.25) is 0 Å². The number of benzene rings is 5. The molecule has 0 saturated heterocycles. The Hall–Kier alpha value is -8.77. The van der Waals surface area contributed by atoms with Crippen molar-refractivity contribution >= 4 is 74.5 Å². The highest BCUT2D eigenvalue weighted by Crippen LogP contribution is 2.46. The Balaban J connectivity index is 0.000000166. The van der Waals surface area contributed by atoms with E-state index in [9.17, 15) is 39.0 Å². The SMILES string of the molecule is CC.CC.Cc1cccc(Nc2ccc(Nc3cccc(C)c3)c3c2C(=O)C2C(O)=CC=C(O)C2C3=O)c1.O=C1c2ccccc2C(=O)c2c1ccc1c2[NH+]=C2C=CC3=C(C(=O)C4C=CC=CC4C3=O)C2N1. The van der Waals surface area contributed by atoms with Crippen LogP contribution in [0.25, 0.3) is 0 Å². The highest BCUT2D eigenvalue weighted by atomic mass is 16.3. The first-order chi connectivity index (χ1) is 34.9. The number of nitrogens with one attached hydrogen (secondary N) is 4. The largest absolute Gasteiger partial charge is 0.511 e. The van der Waals surface area contributed by atoms with Gasteiger partial charge in [-0.05, 0) is 91.7 Å². The second kappa shape index (κ2) is 19.6. The van der Waals surface area contributed by atoms with Crippen LogP contribution in [-0.2, 0) is 9.59 Å². The van der Waals surface area contributed by atoms with Gasteiger partial charge in [0.05, 0.1) is 46.2 Å². The molecule has 1 aliphatic heterocycles. The Labute approximate surface area is 417 Å². The number of hydrogen-bond donors (Lipinski definition) is 6. The number of carbonyl (C=O) groups excluding carboxylic acids is 6. The van der Waals surface area contributed by atoms with Crippen LogP contribution < -0.4 is 20.9 Å². The van der Waals surface area contributed by atoms with E-state index in [0.29, 0.717) is 61.9 Å². The standard InChI is InChI=1S/C28H16N2O4.C28H24N2O4.2C2H6/c31-25-13-5-1-3-7-15(13)27(33)21-17(25)9-11-19-23(21)29-20-12-10-18-22(24(20)30-19)28(34)16-8-4-2-6-14(16)26(18)32;1-15-5-3-7-17(13-15)29-19-9-10-20(30-18-8-4-6-16(2)14-18)24-23(19)27(33)25-21(31)11-12-22(32)26(25)28(24)34;2*1-2/h1-13,15,23,29H;3-14,25-26,29-32H,1-2H3;2*1-2H3/p+1. The Morgan fingerprint density at radius 2 is 1.07 bits per heavy atom. The zero-order valence-corrected chi connectivity index (χ0v) is 40.6. The Morgan fingerprint density at radius 1 is 0.542 bits per heavy atom. The fourth-order valence-electron chi connectivity index (χ4n) is 10.3. The predicted octanol–water partition coefficient (Wildman–Crippen LogP) is 10.1. The van der Waals surface area contributed by atoms with Crippen LogP contribution in [0.5, 0.6) is 0 Å². The van der Waals surface area contributed by atoms with Crippen LogP contribution in [-0.4, -0.2) is 56.7 Å². The summed E-state index contributed by atoms with van der Waals surface area (Å²) in [6.07, 6.45) is 13.2. The maximum Gasteiger partial charge on any atom is 0.239 e. The molecule has 1 heterocycles. The Bertz CT molecular complexity index is 3310. The van der Waals surface area contributed by atoms with Gasteiger partial charge in [0, 0.05) is 45.3 Å². The summed E-state index contributed by atoms with van der Waals surface area (Å²) in [6.45, 7) is 11.9. The molecule has 0 saturated carbocycles. The molecule has 12 rings (SSSR count). The van der Waals surface area contributed by atoms with E-state index in [2.05, 4.69) is 20.9 Å². The second-order valence-electron chi connectivity index (χ2n) is 17.7. The summed E-state index contributed by atoms with van der Waals surface area (Å²) in [4.78, 5) is 83.9. The summed E-state index contributed by atoms with van der Waals surface area (Å²) in [5, 5.41) is 30.9. The summed E-state index contributed by atoms with van der Waals surface area (Å²) in [6, 6.07) is 28.6. The maximum atomic E-state index is 13.7. The van der Waals surface area contributed by atoms with Crippen molar-refractivity contribution in [2.45, 2.75) is 47.6 Å². The first-order valence-electron chi connectivity index (χ1n) is 24.2. The van der Waals surface area contributed by atoms with Crippen molar-refractivity contribution in [1.82, 2.24) is 0 Å². The third-order valence-electron chi connectivity index (χ3n) is 13.5. The smallest absolute Gasteiger partial charge is 0.239 e. The van der Waals surface area contributed by atoms with Gasteiger partial charge >= 0.3 is 0 Å². The average molecular weight is 958 g/mol. The molecule has 0 bridgehead atoms. The minimum Gasteiger partial charge on any atom is -0.511 e. The van der Waals surface area contributed by atoms with Gasteiger partial charge in [0.15, 0.2) is 28.9 Å². The number of rotatable bonds is 4. The number of Topliss-reactive ketones (excluding diaryl/α,β-unsaturated/α-hetero) is 4. The Morgan fingerprint density at radius 3 is 1.61 bits per heavy atom. The average Bonchev–Trinajstić information content (AvgIpc) is 3.40. The lowest BCUT2D eigenvalue weighted by Gasteiger charge is -2.35. The maximum absolute atomic E-state index is 13.7. The van der Waals surface area contributed by atoms with Crippen molar-refractivity contribution in [3.63, 3.8) is 0 Å². The number of ketones is 6. The normalized spacial score (nSPS) is 21.2. The van der Waals surface area contributed by atoms with Gasteiger partial charge in [-0.1, -0.05) is 101 Å². The zero-order chi connectivity index (χ0) is 51.1. The van der Waals surface area contributed by atoms with Crippen molar-refractivity contribution in [2.75, 3.05) is 16.0 Å². The van der Waals surface area contributed by atoms with E-state index in [1.165, 1.54) is 12.2 Å². The number of aliphatic hydroxyl groups excluding tert-OH is 2. The first-order valence-corrected chi connectivity index (χ1v) is 24.2. The Kier molecular flexibility index (Phi) is 13.1. The van der Waals surface area contributed by atoms with Crippen LogP contribution in [0.15, 0.2) is 168 Å². The molecule has 72 heavy (non-hydrogen) atoms. The molecule has 6 N–H and O–H groups in total. The molecule has 12 nitrogen and oxygen atoms in total. The third-order valence-corrected chi connectivity index (χ3v) is 13.5. The third kappa shape index (κ3) is 8.14. The first kappa shape index (κ1) is 48.3.